The normalized spacial score (nSPS) is 17.1. The molecular formula is C24H23FN4O5S. The molecule has 0 aliphatic carbocycles. The topological polar surface area (TPSA) is 101 Å². The van der Waals surface area contributed by atoms with Gasteiger partial charge in [-0.25, -0.2) is 4.39 Å². The number of aromatic amines is 1. The van der Waals surface area contributed by atoms with Gasteiger partial charge in [0, 0.05) is 18.3 Å². The number of methoxy groups -OCH3 is 1. The molecule has 35 heavy (non-hydrogen) atoms. The maximum Gasteiger partial charge on any atom is 0.264 e. The van der Waals surface area contributed by atoms with Gasteiger partial charge in [-0.3, -0.25) is 24.2 Å². The van der Waals surface area contributed by atoms with Gasteiger partial charge in [-0.1, -0.05) is 0 Å². The number of likely N-dealkylation sites (N-methyl/N-ethyl adjacent to an activating group) is 1. The first-order valence-corrected chi connectivity index (χ1v) is 11.3. The number of halogens is 1. The Morgan fingerprint density at radius 3 is 2.86 bits per heavy atom. The Morgan fingerprint density at radius 1 is 1.34 bits per heavy atom. The van der Waals surface area contributed by atoms with Crippen molar-refractivity contribution >= 4 is 18.4 Å². The quantitative estimate of drug-likeness (QED) is 0.412. The van der Waals surface area contributed by atoms with E-state index < -0.39 is 11.4 Å². The molecule has 3 heterocycles. The van der Waals surface area contributed by atoms with Gasteiger partial charge in [-0.15, -0.1) is 0 Å². The van der Waals surface area contributed by atoms with E-state index in [1.807, 2.05) is 13.1 Å². The standard InChI is InChI=1S/C24H23FN4O5S/c1-28-8-7-13-9-18-20(34-12-33-18)21(32-2)19(13)17(28)11-26-10-16-22(30)27-24(35)29(23(16)31)15-5-3-14(25)4-6-15/h3-6,9-10,17,31H,7-8,11-12H2,1-2H3,(H,27,30,35). The van der Waals surface area contributed by atoms with E-state index >= 15 is 0 Å². The number of aromatic hydroxyl groups is 1. The third kappa shape index (κ3) is 4.06. The summed E-state index contributed by atoms with van der Waals surface area (Å²) in [5, 5.41) is 10.8. The minimum absolute atomic E-state index is 0.0157. The summed E-state index contributed by atoms with van der Waals surface area (Å²) >= 11 is 5.21. The van der Waals surface area contributed by atoms with Crippen molar-refractivity contribution in [3.05, 3.63) is 68.0 Å². The number of H-pyrrole nitrogens is 1. The molecule has 11 heteroatoms. The summed E-state index contributed by atoms with van der Waals surface area (Å²) in [6.45, 7) is 1.24. The Morgan fingerprint density at radius 2 is 2.11 bits per heavy atom. The SMILES string of the molecule is COc1c2c(cc3c1C(CN=Cc1c(O)n(-c4ccc(F)cc4)c(=S)[nH]c1=O)N(C)CC3)OCO2. The van der Waals surface area contributed by atoms with Gasteiger partial charge in [-0.2, -0.15) is 0 Å². The molecule has 3 aromatic rings. The summed E-state index contributed by atoms with van der Waals surface area (Å²) in [5.41, 5.74) is 1.83. The molecule has 2 aliphatic heterocycles. The number of nitrogens with one attached hydrogen (secondary N) is 1. The summed E-state index contributed by atoms with van der Waals surface area (Å²) in [6, 6.07) is 7.22. The summed E-state index contributed by atoms with van der Waals surface area (Å²) < 4.78 is 31.5. The molecule has 0 amide bonds. The first-order valence-electron chi connectivity index (χ1n) is 10.9. The van der Waals surface area contributed by atoms with Gasteiger partial charge < -0.3 is 19.3 Å². The summed E-state index contributed by atoms with van der Waals surface area (Å²) in [7, 11) is 3.58. The van der Waals surface area contributed by atoms with Gasteiger partial charge in [0.1, 0.15) is 11.4 Å². The highest BCUT2D eigenvalue weighted by Crippen LogP contribution is 2.49. The van der Waals surface area contributed by atoms with Crippen LogP contribution >= 0.6 is 12.2 Å². The lowest BCUT2D eigenvalue weighted by atomic mass is 9.91. The molecule has 0 fully saturated rings. The van der Waals surface area contributed by atoms with E-state index in [1.165, 1.54) is 35.0 Å². The molecule has 1 unspecified atom stereocenters. The molecule has 0 radical (unpaired) electrons. The largest absolute Gasteiger partial charge is 0.494 e. The van der Waals surface area contributed by atoms with E-state index in [0.29, 0.717) is 29.5 Å². The Bertz CT molecular complexity index is 1430. The first-order chi connectivity index (χ1) is 16.9. The van der Waals surface area contributed by atoms with Gasteiger partial charge in [0.25, 0.3) is 5.56 Å². The second-order valence-corrected chi connectivity index (χ2v) is 8.65. The lowest BCUT2D eigenvalue weighted by Crippen LogP contribution is -2.34. The van der Waals surface area contributed by atoms with Crippen LogP contribution in [0.2, 0.25) is 0 Å². The zero-order valence-corrected chi connectivity index (χ0v) is 19.9. The molecule has 0 saturated heterocycles. The molecule has 5 rings (SSSR count). The lowest BCUT2D eigenvalue weighted by Gasteiger charge is -2.35. The van der Waals surface area contributed by atoms with Crippen LogP contribution < -0.4 is 19.8 Å². The van der Waals surface area contributed by atoms with Gasteiger partial charge in [0.2, 0.25) is 18.4 Å². The molecule has 2 N–H and O–H groups in total. The van der Waals surface area contributed by atoms with Crippen LogP contribution in [-0.4, -0.2) is 59.8 Å². The molecule has 2 aromatic carbocycles. The smallest absolute Gasteiger partial charge is 0.264 e. The number of nitrogens with zero attached hydrogens (tertiary/aromatic N) is 3. The maximum absolute atomic E-state index is 13.4. The van der Waals surface area contributed by atoms with Gasteiger partial charge in [-0.05, 0) is 61.6 Å². The van der Waals surface area contributed by atoms with Crippen molar-refractivity contribution in [3.63, 3.8) is 0 Å². The second kappa shape index (κ2) is 9.16. The summed E-state index contributed by atoms with van der Waals surface area (Å²) in [5.74, 6) is 1.05. The van der Waals surface area contributed by atoms with Gasteiger partial charge in [0.05, 0.1) is 25.4 Å². The van der Waals surface area contributed by atoms with E-state index in [2.05, 4.69) is 14.9 Å². The number of aromatic nitrogens is 2. The highest BCUT2D eigenvalue weighted by Gasteiger charge is 2.33. The van der Waals surface area contributed by atoms with Crippen molar-refractivity contribution in [2.24, 2.45) is 4.99 Å². The molecule has 2 aliphatic rings. The average molecular weight is 499 g/mol. The third-order valence-corrected chi connectivity index (χ3v) is 6.54. The minimum Gasteiger partial charge on any atom is -0.494 e. The highest BCUT2D eigenvalue weighted by molar-refractivity contribution is 7.71. The van der Waals surface area contributed by atoms with Crippen LogP contribution in [0.15, 0.2) is 40.1 Å². The van der Waals surface area contributed by atoms with Gasteiger partial charge in [0.15, 0.2) is 16.3 Å². The van der Waals surface area contributed by atoms with E-state index in [1.54, 1.807) is 7.11 Å². The molecule has 182 valence electrons. The van der Waals surface area contributed by atoms with Crippen molar-refractivity contribution in [1.82, 2.24) is 14.5 Å². The Labute approximate surface area is 205 Å². The van der Waals surface area contributed by atoms with Crippen LogP contribution in [-0.2, 0) is 6.42 Å². The van der Waals surface area contributed by atoms with Gasteiger partial charge >= 0.3 is 0 Å². The lowest BCUT2D eigenvalue weighted by molar-refractivity contribution is 0.170. The van der Waals surface area contributed by atoms with Crippen LogP contribution in [0.3, 0.4) is 0 Å². The molecule has 9 nitrogen and oxygen atoms in total. The third-order valence-electron chi connectivity index (χ3n) is 6.25. The number of benzene rings is 2. The van der Waals surface area contributed by atoms with Crippen LogP contribution in [0.25, 0.3) is 5.69 Å². The fraction of sp³-hybridized carbons (Fsp3) is 0.292. The number of hydrogen-bond donors (Lipinski definition) is 2. The Hall–Kier alpha value is -3.70. The maximum atomic E-state index is 13.4. The molecular weight excluding hydrogens is 475 g/mol. The molecule has 0 saturated carbocycles. The first kappa shape index (κ1) is 23.1. The molecule has 1 aromatic heterocycles. The minimum atomic E-state index is -0.576. The van der Waals surface area contributed by atoms with Crippen LogP contribution in [0, 0.1) is 10.6 Å². The van der Waals surface area contributed by atoms with E-state index in [0.717, 1.165) is 24.1 Å². The van der Waals surface area contributed by atoms with Crippen molar-refractivity contribution in [1.29, 1.82) is 0 Å². The molecule has 1 atom stereocenters. The second-order valence-electron chi connectivity index (χ2n) is 8.27. The highest BCUT2D eigenvalue weighted by atomic mass is 32.1. The van der Waals surface area contributed by atoms with Crippen molar-refractivity contribution in [2.75, 3.05) is 34.0 Å². The van der Waals surface area contributed by atoms with Crippen LogP contribution in [0.4, 0.5) is 4.39 Å². The predicted molar refractivity (Wildman–Crippen MR) is 129 cm³/mol. The van der Waals surface area contributed by atoms with E-state index in [4.69, 9.17) is 26.4 Å². The predicted octanol–water partition coefficient (Wildman–Crippen LogP) is 3.13. The van der Waals surface area contributed by atoms with Crippen molar-refractivity contribution < 1.29 is 23.7 Å². The van der Waals surface area contributed by atoms with E-state index in [-0.39, 0.29) is 29.0 Å². The monoisotopic (exact) mass is 498 g/mol. The number of rotatable bonds is 5. The molecule has 0 spiro atoms. The average Bonchev–Trinajstić information content (AvgIpc) is 3.30. The number of aliphatic imine (C=N–C) groups is 1. The zero-order valence-electron chi connectivity index (χ0n) is 19.1. The zero-order chi connectivity index (χ0) is 24.7. The van der Waals surface area contributed by atoms with Crippen molar-refractivity contribution in [3.8, 4) is 28.8 Å². The number of fused-ring (bicyclic) bond motifs is 2. The number of hydrogen-bond acceptors (Lipinski definition) is 8. The Kier molecular flexibility index (Phi) is 6.03. The van der Waals surface area contributed by atoms with Crippen molar-refractivity contribution in [2.45, 2.75) is 12.5 Å². The fourth-order valence-corrected chi connectivity index (χ4v) is 4.77. The summed E-state index contributed by atoms with van der Waals surface area (Å²) in [4.78, 5) is 21.8. The summed E-state index contributed by atoms with van der Waals surface area (Å²) in [6.07, 6.45) is 2.14. The van der Waals surface area contributed by atoms with Crippen LogP contribution in [0.1, 0.15) is 22.7 Å². The van der Waals surface area contributed by atoms with E-state index in [9.17, 15) is 14.3 Å². The number of ether oxygens (including phenoxy) is 3. The Balaban J connectivity index is 1.50. The molecule has 0 bridgehead atoms. The fourth-order valence-electron chi connectivity index (χ4n) is 4.48. The van der Waals surface area contributed by atoms with Crippen LogP contribution in [0.5, 0.6) is 23.1 Å².